The number of hydrogen-bond acceptors (Lipinski definition) is 7. The maximum absolute atomic E-state index is 15.5. The van der Waals surface area contributed by atoms with E-state index in [0.717, 1.165) is 37.8 Å². The molecular formula is C25H23ClFN3O7. The van der Waals surface area contributed by atoms with Crippen LogP contribution >= 0.6 is 11.6 Å². The third-order valence-corrected chi connectivity index (χ3v) is 7.32. The molecule has 2 aliphatic rings. The van der Waals surface area contributed by atoms with Crippen molar-refractivity contribution in [1.29, 1.82) is 0 Å². The Bertz CT molecular complexity index is 1490. The highest BCUT2D eigenvalue weighted by Gasteiger charge is 2.32. The normalized spacial score (nSPS) is 18.1. The number of pyridine rings is 1. The number of aromatic nitrogens is 1. The van der Waals surface area contributed by atoms with Gasteiger partial charge >= 0.3 is 11.9 Å². The molecular weight excluding hydrogens is 509 g/mol. The number of anilines is 1. The van der Waals surface area contributed by atoms with Crippen LogP contribution in [-0.2, 0) is 0 Å². The van der Waals surface area contributed by atoms with Gasteiger partial charge in [0.25, 0.3) is 0 Å². The molecule has 3 heterocycles. The molecule has 10 nitrogen and oxygen atoms in total. The smallest absolute Gasteiger partial charge is 0.433 e. The number of nitrogens with zero attached hydrogens (tertiary/aromatic N) is 3. The summed E-state index contributed by atoms with van der Waals surface area (Å²) in [5.41, 5.74) is -0.817. The molecule has 0 bridgehead atoms. The molecule has 1 aliphatic carbocycles. The third kappa shape index (κ3) is 4.71. The monoisotopic (exact) mass is 531 g/mol. The van der Waals surface area contributed by atoms with Crippen molar-refractivity contribution in [2.24, 2.45) is 5.92 Å². The molecule has 1 saturated heterocycles. The Labute approximate surface area is 214 Å². The summed E-state index contributed by atoms with van der Waals surface area (Å²) in [6, 6.07) is 3.43. The van der Waals surface area contributed by atoms with Crippen LogP contribution in [-0.4, -0.2) is 39.4 Å². The predicted octanol–water partition coefficient (Wildman–Crippen LogP) is 5.21. The van der Waals surface area contributed by atoms with Gasteiger partial charge in [0.15, 0.2) is 11.5 Å². The van der Waals surface area contributed by atoms with Crippen LogP contribution in [0.3, 0.4) is 0 Å². The van der Waals surface area contributed by atoms with Crippen LogP contribution in [0.4, 0.5) is 16.0 Å². The maximum atomic E-state index is 15.5. The number of ketones is 1. The number of rotatable bonds is 7. The van der Waals surface area contributed by atoms with Crippen molar-refractivity contribution in [3.05, 3.63) is 66.9 Å². The first kappa shape index (κ1) is 24.9. The number of halogens is 2. The minimum atomic E-state index is -1.39. The number of carbonyl (C=O) groups excluding carboxylic acids is 1. The molecule has 1 aromatic carbocycles. The topological polar surface area (TPSA) is 136 Å². The van der Waals surface area contributed by atoms with E-state index < -0.39 is 33.6 Å². The van der Waals surface area contributed by atoms with Gasteiger partial charge < -0.3 is 19.0 Å². The van der Waals surface area contributed by atoms with E-state index in [9.17, 15) is 29.6 Å². The first-order chi connectivity index (χ1) is 17.7. The van der Waals surface area contributed by atoms with Gasteiger partial charge in [0.2, 0.25) is 5.43 Å². The van der Waals surface area contributed by atoms with E-state index in [1.807, 2.05) is 0 Å². The summed E-state index contributed by atoms with van der Waals surface area (Å²) in [6.07, 6.45) is 5.12. The zero-order valence-corrected chi connectivity index (χ0v) is 20.4. The van der Waals surface area contributed by atoms with E-state index in [2.05, 4.69) is 0 Å². The van der Waals surface area contributed by atoms with Gasteiger partial charge in [-0.15, -0.1) is 0 Å². The molecule has 37 heavy (non-hydrogen) atoms. The molecule has 1 aliphatic heterocycles. The molecule has 12 heteroatoms. The number of carboxylic acids is 1. The molecule has 0 radical (unpaired) electrons. The zero-order chi connectivity index (χ0) is 26.4. The van der Waals surface area contributed by atoms with Crippen molar-refractivity contribution < 1.29 is 28.4 Å². The molecule has 1 N–H and O–H groups in total. The van der Waals surface area contributed by atoms with Crippen molar-refractivity contribution >= 4 is 45.8 Å². The van der Waals surface area contributed by atoms with Crippen molar-refractivity contribution in [3.8, 4) is 0 Å². The standard InChI is InChI=1S/C25H23ClFN3O7/c26-21-22-15(24(32)16(25(33)34)12-29(22)14-4-5-14)10-17(27)23(21)28-8-2-1-3-13(11-28)9-18(31)19-6-7-20(37-19)30(35)36/h6-7,10,12-14H,1-5,8-9,11H2,(H,33,34)/t13-/m1/s1. The summed E-state index contributed by atoms with van der Waals surface area (Å²) in [5, 5.41) is 20.3. The van der Waals surface area contributed by atoms with E-state index in [4.69, 9.17) is 16.0 Å². The second kappa shape index (κ2) is 9.62. The number of hydrogen-bond donors (Lipinski definition) is 1. The SMILES string of the molecule is O=C(C[C@H]1CCCCN(c2c(F)cc3c(=O)c(C(=O)O)cn(C4CC4)c3c2Cl)C1)c1ccc([N+](=O)[O-])o1. The Hall–Kier alpha value is -3.73. The van der Waals surface area contributed by atoms with Crippen molar-refractivity contribution in [2.45, 2.75) is 44.6 Å². The number of carboxylic acid groups (broad SMARTS) is 1. The number of carbonyl (C=O) groups is 2. The molecule has 0 spiro atoms. The van der Waals surface area contributed by atoms with Gasteiger partial charge in [-0.2, -0.15) is 0 Å². The Morgan fingerprint density at radius 1 is 1.24 bits per heavy atom. The van der Waals surface area contributed by atoms with Crippen LogP contribution in [0.2, 0.25) is 5.02 Å². The Morgan fingerprint density at radius 3 is 2.65 bits per heavy atom. The average molecular weight is 532 g/mol. The lowest BCUT2D eigenvalue weighted by Crippen LogP contribution is -2.31. The summed E-state index contributed by atoms with van der Waals surface area (Å²) >= 11 is 6.76. The van der Waals surface area contributed by atoms with Crippen molar-refractivity contribution in [1.82, 2.24) is 4.57 Å². The third-order valence-electron chi connectivity index (χ3n) is 6.96. The van der Waals surface area contributed by atoms with Gasteiger partial charge in [0, 0.05) is 31.7 Å². The van der Waals surface area contributed by atoms with Crippen LogP contribution in [0.15, 0.2) is 33.6 Å². The second-order valence-electron chi connectivity index (χ2n) is 9.56. The Kier molecular flexibility index (Phi) is 6.49. The number of furan rings is 1. The molecule has 194 valence electrons. The first-order valence-corrected chi connectivity index (χ1v) is 12.4. The fourth-order valence-electron chi connectivity index (χ4n) is 5.05. The lowest BCUT2D eigenvalue weighted by Gasteiger charge is -2.28. The van der Waals surface area contributed by atoms with E-state index in [1.165, 1.54) is 12.3 Å². The summed E-state index contributed by atoms with van der Waals surface area (Å²) in [5.74, 6) is -3.31. The van der Waals surface area contributed by atoms with Crippen molar-refractivity contribution in [2.75, 3.05) is 18.0 Å². The predicted molar refractivity (Wildman–Crippen MR) is 132 cm³/mol. The lowest BCUT2D eigenvalue weighted by molar-refractivity contribution is -0.402. The van der Waals surface area contributed by atoms with Crippen LogP contribution in [0.25, 0.3) is 10.9 Å². The number of Topliss-reactive ketones (excluding diaryl/α,β-unsaturated/α-hetero) is 1. The number of fused-ring (bicyclic) bond motifs is 1. The highest BCUT2D eigenvalue weighted by Crippen LogP contribution is 2.42. The molecule has 3 aromatic rings. The molecule has 1 atom stereocenters. The summed E-state index contributed by atoms with van der Waals surface area (Å²) in [4.78, 5) is 49.1. The van der Waals surface area contributed by atoms with Crippen LogP contribution < -0.4 is 10.3 Å². The minimum absolute atomic E-state index is 0.0242. The summed E-state index contributed by atoms with van der Waals surface area (Å²) < 4.78 is 22.2. The van der Waals surface area contributed by atoms with E-state index in [1.54, 1.807) is 9.47 Å². The number of aromatic carboxylic acids is 1. The number of nitro groups is 1. The van der Waals surface area contributed by atoms with E-state index in [-0.39, 0.29) is 46.0 Å². The fourth-order valence-corrected chi connectivity index (χ4v) is 5.46. The molecule has 0 unspecified atom stereocenters. The van der Waals surface area contributed by atoms with Gasteiger partial charge in [-0.3, -0.25) is 19.7 Å². The zero-order valence-electron chi connectivity index (χ0n) is 19.6. The average Bonchev–Trinajstić information content (AvgIpc) is 3.60. The summed E-state index contributed by atoms with van der Waals surface area (Å²) in [7, 11) is 0. The first-order valence-electron chi connectivity index (χ1n) is 12.0. The number of benzene rings is 1. The van der Waals surface area contributed by atoms with Gasteiger partial charge in [-0.25, -0.2) is 9.18 Å². The summed E-state index contributed by atoms with van der Waals surface area (Å²) in [6.45, 7) is 0.775. The molecule has 2 aromatic heterocycles. The van der Waals surface area contributed by atoms with Gasteiger partial charge in [0.1, 0.15) is 16.3 Å². The van der Waals surface area contributed by atoms with E-state index >= 15 is 4.39 Å². The van der Waals surface area contributed by atoms with Crippen LogP contribution in [0.5, 0.6) is 0 Å². The van der Waals surface area contributed by atoms with Crippen molar-refractivity contribution in [3.63, 3.8) is 0 Å². The highest BCUT2D eigenvalue weighted by atomic mass is 35.5. The molecule has 0 amide bonds. The van der Waals surface area contributed by atoms with Gasteiger partial charge in [-0.1, -0.05) is 18.0 Å². The fraction of sp³-hybridized carbons (Fsp3) is 0.400. The van der Waals surface area contributed by atoms with Crippen LogP contribution in [0.1, 0.15) is 65.5 Å². The Balaban J connectivity index is 1.50. The molecule has 2 fully saturated rings. The van der Waals surface area contributed by atoms with Gasteiger partial charge in [0.05, 0.1) is 27.7 Å². The van der Waals surface area contributed by atoms with Crippen LogP contribution in [0, 0.1) is 21.8 Å². The van der Waals surface area contributed by atoms with Gasteiger partial charge in [-0.05, 0) is 43.7 Å². The van der Waals surface area contributed by atoms with E-state index in [0.29, 0.717) is 25.0 Å². The quantitative estimate of drug-likeness (QED) is 0.249. The maximum Gasteiger partial charge on any atom is 0.433 e. The second-order valence-corrected chi connectivity index (χ2v) is 9.94. The lowest BCUT2D eigenvalue weighted by atomic mass is 9.96. The molecule has 5 rings (SSSR count). The highest BCUT2D eigenvalue weighted by molar-refractivity contribution is 6.38. The largest absolute Gasteiger partial charge is 0.477 e. The molecule has 1 saturated carbocycles. The minimum Gasteiger partial charge on any atom is -0.477 e. The Morgan fingerprint density at radius 2 is 2.00 bits per heavy atom.